The Morgan fingerprint density at radius 2 is 1.18 bits per heavy atom. The van der Waals surface area contributed by atoms with Crippen LogP contribution < -0.4 is 0 Å². The van der Waals surface area contributed by atoms with Crippen LogP contribution in [0.15, 0.2) is 24.3 Å². The summed E-state index contributed by atoms with van der Waals surface area (Å²) in [6.07, 6.45) is 6.05. The van der Waals surface area contributed by atoms with Crippen molar-refractivity contribution >= 4 is 23.9 Å². The Balaban J connectivity index is 0. The van der Waals surface area contributed by atoms with Crippen LogP contribution in [0.1, 0.15) is 78.1 Å². The Morgan fingerprint density at radius 3 is 1.65 bits per heavy atom. The smallest absolute Gasteiger partial charge is 0.334 e. The average Bonchev–Trinajstić information content (AvgIpc) is 2.76. The number of rotatable bonds is 18. The van der Waals surface area contributed by atoms with Crippen LogP contribution in [0.3, 0.4) is 0 Å². The van der Waals surface area contributed by atoms with Gasteiger partial charge in [0, 0.05) is 11.1 Å². The Hall–Kier alpha value is -2.72. The lowest BCUT2D eigenvalue weighted by Gasteiger charge is -2.07. The number of hydrogen-bond donors (Lipinski definition) is 3. The minimum atomic E-state index is -1.76. The first-order valence-corrected chi connectivity index (χ1v) is 11.5. The molecule has 34 heavy (non-hydrogen) atoms. The molecule has 0 heterocycles. The molecule has 0 spiro atoms. The lowest BCUT2D eigenvalue weighted by Crippen LogP contribution is -2.19. The highest BCUT2D eigenvalue weighted by molar-refractivity contribution is 5.93. The van der Waals surface area contributed by atoms with Crippen LogP contribution in [0.2, 0.25) is 0 Å². The maximum absolute atomic E-state index is 11.6. The van der Waals surface area contributed by atoms with Gasteiger partial charge in [-0.25, -0.2) is 9.59 Å². The van der Waals surface area contributed by atoms with E-state index >= 15 is 0 Å². The van der Waals surface area contributed by atoms with E-state index in [-0.39, 0.29) is 17.6 Å². The van der Waals surface area contributed by atoms with Gasteiger partial charge in [-0.15, -0.1) is 0 Å². The van der Waals surface area contributed by atoms with Crippen molar-refractivity contribution in [2.75, 3.05) is 19.8 Å². The first-order chi connectivity index (χ1) is 16.0. The van der Waals surface area contributed by atoms with E-state index in [9.17, 15) is 19.2 Å². The monoisotopic (exact) mass is 488 g/mol. The van der Waals surface area contributed by atoms with Gasteiger partial charge in [0.15, 0.2) is 6.29 Å². The van der Waals surface area contributed by atoms with Gasteiger partial charge in [0.25, 0.3) is 0 Å². The highest BCUT2D eigenvalue weighted by Crippen LogP contribution is 2.06. The summed E-state index contributed by atoms with van der Waals surface area (Å²) in [6.45, 7) is 11.2. The lowest BCUT2D eigenvalue weighted by molar-refractivity contribution is -0.153. The Kier molecular flexibility index (Phi) is 21.7. The second kappa shape index (κ2) is 22.1. The summed E-state index contributed by atoms with van der Waals surface area (Å²) >= 11 is 0. The minimum absolute atomic E-state index is 0.0818. The van der Waals surface area contributed by atoms with Crippen LogP contribution in [0, 0.1) is 0 Å². The number of carbonyl (C=O) groups is 4. The topological polar surface area (TPSA) is 157 Å². The summed E-state index contributed by atoms with van der Waals surface area (Å²) in [5.41, 5.74) is -0.0720. The predicted octanol–water partition coefficient (Wildman–Crippen LogP) is 3.05. The third kappa shape index (κ3) is 22.5. The third-order valence-electron chi connectivity index (χ3n) is 4.16. The van der Waals surface area contributed by atoms with Crippen molar-refractivity contribution in [1.82, 2.24) is 0 Å². The fourth-order valence-corrected chi connectivity index (χ4v) is 2.32. The lowest BCUT2D eigenvalue weighted by atomic mass is 10.2. The molecule has 0 aromatic rings. The quantitative estimate of drug-likeness (QED) is 0.0861. The molecule has 0 aliphatic rings. The second-order valence-electron chi connectivity index (χ2n) is 7.51. The molecule has 0 saturated heterocycles. The van der Waals surface area contributed by atoms with Crippen LogP contribution in [-0.2, 0) is 33.4 Å². The normalized spacial score (nSPS) is 10.0. The van der Waals surface area contributed by atoms with E-state index in [0.29, 0.717) is 13.2 Å². The largest absolute Gasteiger partial charge is 0.481 e. The molecule has 0 rings (SSSR count). The van der Waals surface area contributed by atoms with Crippen molar-refractivity contribution in [2.45, 2.75) is 84.3 Å². The number of carbonyl (C=O) groups excluding carboxylic acids is 3. The fraction of sp³-hybridized carbons (Fsp3) is 0.667. The zero-order valence-corrected chi connectivity index (χ0v) is 20.4. The van der Waals surface area contributed by atoms with Crippen LogP contribution >= 0.6 is 0 Å². The maximum atomic E-state index is 11.6. The van der Waals surface area contributed by atoms with Gasteiger partial charge in [0.2, 0.25) is 0 Å². The Bertz CT molecular complexity index is 640. The van der Waals surface area contributed by atoms with E-state index in [1.165, 1.54) is 0 Å². The van der Waals surface area contributed by atoms with Gasteiger partial charge >= 0.3 is 23.9 Å². The number of esters is 3. The molecular weight excluding hydrogens is 448 g/mol. The van der Waals surface area contributed by atoms with Crippen molar-refractivity contribution in [3.63, 3.8) is 0 Å². The highest BCUT2D eigenvalue weighted by atomic mass is 16.6. The molecule has 0 radical (unpaired) electrons. The SMILES string of the molecule is C=C(CC(=O)O)C(=O)OCC(O)O.C=C(CC(=O)OCCCCCC)C(=O)OCCCCCC. The van der Waals surface area contributed by atoms with E-state index in [4.69, 9.17) is 24.8 Å². The molecule has 0 aliphatic carbocycles. The van der Waals surface area contributed by atoms with Crippen LogP contribution in [0.4, 0.5) is 0 Å². The fourth-order valence-electron chi connectivity index (χ4n) is 2.32. The zero-order chi connectivity index (χ0) is 26.4. The van der Waals surface area contributed by atoms with E-state index in [2.05, 4.69) is 31.7 Å². The van der Waals surface area contributed by atoms with E-state index in [1.54, 1.807) is 0 Å². The summed E-state index contributed by atoms with van der Waals surface area (Å²) in [6, 6.07) is 0. The van der Waals surface area contributed by atoms with Gasteiger partial charge in [-0.2, -0.15) is 0 Å². The van der Waals surface area contributed by atoms with Gasteiger partial charge in [-0.1, -0.05) is 65.5 Å². The molecule has 0 aromatic carbocycles. The van der Waals surface area contributed by atoms with Gasteiger partial charge in [-0.05, 0) is 12.8 Å². The Morgan fingerprint density at radius 1 is 0.706 bits per heavy atom. The third-order valence-corrected chi connectivity index (χ3v) is 4.16. The van der Waals surface area contributed by atoms with Crippen LogP contribution in [0.25, 0.3) is 0 Å². The van der Waals surface area contributed by atoms with Gasteiger partial charge in [-0.3, -0.25) is 9.59 Å². The molecule has 0 bridgehead atoms. The first kappa shape index (κ1) is 33.5. The standard InChI is InChI=1S/C17H30O4.C7H10O6/c1-4-6-8-10-12-20-16(18)14-15(3)17(19)21-13-11-9-7-5-2;1-4(2-5(8)9)7(12)13-3-6(10)11/h3-14H2,1-2H3;6,10-11H,1-3H2,(H,8,9). The number of unbranched alkanes of at least 4 members (excludes halogenated alkanes) is 6. The van der Waals surface area contributed by atoms with E-state index < -0.39 is 43.2 Å². The number of hydrogen-bond acceptors (Lipinski definition) is 9. The number of aliphatic hydroxyl groups is 2. The molecule has 0 fully saturated rings. The van der Waals surface area contributed by atoms with Gasteiger partial charge < -0.3 is 29.5 Å². The van der Waals surface area contributed by atoms with E-state index in [0.717, 1.165) is 51.4 Å². The molecular formula is C24H40O10. The predicted molar refractivity (Wildman–Crippen MR) is 125 cm³/mol. The number of ether oxygens (including phenoxy) is 3. The number of aliphatic hydroxyl groups excluding tert-OH is 1. The number of carboxylic acid groups (broad SMARTS) is 1. The molecule has 0 aliphatic heterocycles. The molecule has 10 nitrogen and oxygen atoms in total. The summed E-state index contributed by atoms with van der Waals surface area (Å²) in [5.74, 6) is -3.05. The molecule has 10 heteroatoms. The number of carboxylic acids is 1. The number of aliphatic carboxylic acids is 1. The van der Waals surface area contributed by atoms with Crippen molar-refractivity contribution in [3.8, 4) is 0 Å². The molecule has 3 N–H and O–H groups in total. The molecule has 0 aromatic heterocycles. The van der Waals surface area contributed by atoms with Crippen molar-refractivity contribution in [2.24, 2.45) is 0 Å². The molecule has 0 saturated carbocycles. The van der Waals surface area contributed by atoms with E-state index in [1.807, 2.05) is 0 Å². The summed E-state index contributed by atoms with van der Waals surface area (Å²) in [4.78, 5) is 44.0. The van der Waals surface area contributed by atoms with Gasteiger partial charge in [0.1, 0.15) is 6.61 Å². The Labute approximate surface area is 201 Å². The second-order valence-corrected chi connectivity index (χ2v) is 7.51. The highest BCUT2D eigenvalue weighted by Gasteiger charge is 2.14. The van der Waals surface area contributed by atoms with Crippen molar-refractivity contribution in [1.29, 1.82) is 0 Å². The first-order valence-electron chi connectivity index (χ1n) is 11.5. The molecule has 0 atom stereocenters. The maximum Gasteiger partial charge on any atom is 0.334 e. The van der Waals surface area contributed by atoms with Crippen LogP contribution in [0.5, 0.6) is 0 Å². The molecule has 196 valence electrons. The summed E-state index contributed by atoms with van der Waals surface area (Å²) in [7, 11) is 0. The van der Waals surface area contributed by atoms with Crippen molar-refractivity contribution in [3.05, 3.63) is 24.3 Å². The average molecular weight is 489 g/mol. The van der Waals surface area contributed by atoms with Crippen LogP contribution in [-0.4, -0.2) is 65.3 Å². The summed E-state index contributed by atoms with van der Waals surface area (Å²) in [5, 5.41) is 24.8. The van der Waals surface area contributed by atoms with Gasteiger partial charge in [0.05, 0.1) is 26.1 Å². The molecule has 0 amide bonds. The zero-order valence-electron chi connectivity index (χ0n) is 20.4. The molecule has 0 unspecified atom stereocenters. The summed E-state index contributed by atoms with van der Waals surface area (Å²) < 4.78 is 14.4. The minimum Gasteiger partial charge on any atom is -0.481 e. The van der Waals surface area contributed by atoms with Crippen molar-refractivity contribution < 1.29 is 48.7 Å².